The van der Waals surface area contributed by atoms with Gasteiger partial charge in [-0.1, -0.05) is 6.07 Å². The highest BCUT2D eigenvalue weighted by molar-refractivity contribution is 5.84. The molecule has 0 saturated heterocycles. The van der Waals surface area contributed by atoms with Gasteiger partial charge in [0.25, 0.3) is 0 Å². The topological polar surface area (TPSA) is 85.8 Å². The van der Waals surface area contributed by atoms with Gasteiger partial charge in [-0.15, -0.1) is 5.10 Å². The molecule has 0 radical (unpaired) electrons. The van der Waals surface area contributed by atoms with Gasteiger partial charge in [0.05, 0.1) is 41.7 Å². The van der Waals surface area contributed by atoms with Gasteiger partial charge >= 0.3 is 0 Å². The minimum Gasteiger partial charge on any atom is -0.321 e. The lowest BCUT2D eigenvalue weighted by Gasteiger charge is -2.04. The van der Waals surface area contributed by atoms with Gasteiger partial charge in [-0.3, -0.25) is 14.6 Å². The van der Waals surface area contributed by atoms with Gasteiger partial charge in [-0.25, -0.2) is 4.52 Å². The lowest BCUT2D eigenvalue weighted by molar-refractivity contribution is 0.797. The summed E-state index contributed by atoms with van der Waals surface area (Å²) in [5, 5.41) is 13.1. The smallest absolute Gasteiger partial charge is 0.247 e. The minimum atomic E-state index is 0.495. The number of pyridine rings is 1. The highest BCUT2D eigenvalue weighted by atomic mass is 15.4. The number of nitrogens with one attached hydrogen (secondary N) is 1. The van der Waals surface area contributed by atoms with Crippen LogP contribution >= 0.6 is 0 Å². The maximum atomic E-state index is 4.58. The largest absolute Gasteiger partial charge is 0.321 e. The summed E-state index contributed by atoms with van der Waals surface area (Å²) in [6.07, 6.45) is 8.77. The van der Waals surface area contributed by atoms with Crippen LogP contribution in [0.5, 0.6) is 0 Å². The van der Waals surface area contributed by atoms with Crippen molar-refractivity contribution in [3.05, 3.63) is 61.3 Å². The highest BCUT2D eigenvalue weighted by Crippen LogP contribution is 2.24. The van der Waals surface area contributed by atoms with Gasteiger partial charge in [-0.05, 0) is 24.3 Å². The van der Waals surface area contributed by atoms with Gasteiger partial charge in [-0.2, -0.15) is 10.1 Å². The number of nitrogens with zero attached hydrogens (tertiary/aromatic N) is 7. The van der Waals surface area contributed by atoms with E-state index < -0.39 is 0 Å². The van der Waals surface area contributed by atoms with Crippen LogP contribution in [0, 0.1) is 0 Å². The fourth-order valence-corrected chi connectivity index (χ4v) is 2.95. The minimum absolute atomic E-state index is 0.495. The summed E-state index contributed by atoms with van der Waals surface area (Å²) in [4.78, 5) is 12.9. The summed E-state index contributed by atoms with van der Waals surface area (Å²) < 4.78 is 3.63. The highest BCUT2D eigenvalue weighted by Gasteiger charge is 2.11. The molecule has 26 heavy (non-hydrogen) atoms. The van der Waals surface area contributed by atoms with E-state index in [0.717, 1.165) is 27.8 Å². The van der Waals surface area contributed by atoms with Gasteiger partial charge in [0.2, 0.25) is 5.95 Å². The average Bonchev–Trinajstić information content (AvgIpc) is 3.25. The van der Waals surface area contributed by atoms with Crippen LogP contribution in [0.1, 0.15) is 0 Å². The first kappa shape index (κ1) is 14.5. The summed E-state index contributed by atoms with van der Waals surface area (Å²) >= 11 is 0. The molecule has 1 N–H and O–H groups in total. The number of aromatic nitrogens is 7. The normalized spacial score (nSPS) is 11.3. The maximum Gasteiger partial charge on any atom is 0.247 e. The Labute approximate surface area is 148 Å². The summed E-state index contributed by atoms with van der Waals surface area (Å²) in [5.74, 6) is 0.495. The van der Waals surface area contributed by atoms with Crippen LogP contribution in [0.4, 0.5) is 11.6 Å². The van der Waals surface area contributed by atoms with Crippen molar-refractivity contribution >= 4 is 28.2 Å². The van der Waals surface area contributed by atoms with Gasteiger partial charge in [0.15, 0.2) is 5.65 Å². The molecule has 0 unspecified atom stereocenters. The Balaban J connectivity index is 1.60. The van der Waals surface area contributed by atoms with Crippen LogP contribution in [0.3, 0.4) is 0 Å². The van der Waals surface area contributed by atoms with Crippen LogP contribution in [0.15, 0.2) is 61.3 Å². The molecule has 0 aliphatic rings. The second kappa shape index (κ2) is 5.62. The number of fused-ring (bicyclic) bond motifs is 2. The number of hydrogen-bond acceptors (Lipinski definition) is 6. The van der Waals surface area contributed by atoms with Crippen molar-refractivity contribution < 1.29 is 0 Å². The molecule has 8 nitrogen and oxygen atoms in total. The quantitative estimate of drug-likeness (QED) is 0.543. The Morgan fingerprint density at radius 2 is 1.96 bits per heavy atom. The number of aryl methyl sites for hydroxylation is 1. The van der Waals surface area contributed by atoms with E-state index in [1.54, 1.807) is 29.3 Å². The molecule has 126 valence electrons. The zero-order chi connectivity index (χ0) is 17.5. The zero-order valence-corrected chi connectivity index (χ0v) is 13.9. The van der Waals surface area contributed by atoms with Gasteiger partial charge < -0.3 is 5.32 Å². The SMILES string of the molecule is Cn1ncc2cc(-c3cncc4nc(Nc5cccnc5)nn34)ccc21. The molecule has 0 bridgehead atoms. The summed E-state index contributed by atoms with van der Waals surface area (Å²) in [5.41, 5.74) is 4.43. The summed E-state index contributed by atoms with van der Waals surface area (Å²) in [6, 6.07) is 9.93. The van der Waals surface area contributed by atoms with Crippen LogP contribution in [-0.2, 0) is 7.05 Å². The number of anilines is 2. The molecule has 0 atom stereocenters. The second-order valence-electron chi connectivity index (χ2n) is 5.91. The van der Waals surface area contributed by atoms with Gasteiger partial charge in [0, 0.05) is 24.2 Å². The second-order valence-corrected chi connectivity index (χ2v) is 5.91. The first-order valence-corrected chi connectivity index (χ1v) is 8.08. The van der Waals surface area contributed by atoms with Crippen molar-refractivity contribution in [1.82, 2.24) is 34.3 Å². The third kappa shape index (κ3) is 2.35. The monoisotopic (exact) mass is 342 g/mol. The van der Waals surface area contributed by atoms with E-state index in [2.05, 4.69) is 36.5 Å². The molecule has 0 aliphatic carbocycles. The molecular weight excluding hydrogens is 328 g/mol. The van der Waals surface area contributed by atoms with Crippen molar-refractivity contribution in [2.24, 2.45) is 7.05 Å². The van der Waals surface area contributed by atoms with Crippen LogP contribution in [-0.4, -0.2) is 34.3 Å². The van der Waals surface area contributed by atoms with Crippen LogP contribution in [0.25, 0.3) is 27.8 Å². The molecule has 1 aromatic carbocycles. The third-order valence-corrected chi connectivity index (χ3v) is 4.21. The van der Waals surface area contributed by atoms with E-state index in [9.17, 15) is 0 Å². The predicted octanol–water partition coefficient (Wildman–Crippen LogP) is 2.82. The molecule has 4 heterocycles. The molecule has 4 aromatic heterocycles. The molecular formula is C18H14N8. The Hall–Kier alpha value is -3.81. The third-order valence-electron chi connectivity index (χ3n) is 4.21. The fourth-order valence-electron chi connectivity index (χ4n) is 2.95. The molecule has 0 spiro atoms. The molecule has 0 aliphatic heterocycles. The summed E-state index contributed by atoms with van der Waals surface area (Å²) in [7, 11) is 1.93. The molecule has 0 fully saturated rings. The van der Waals surface area contributed by atoms with Crippen molar-refractivity contribution in [1.29, 1.82) is 0 Å². The Bertz CT molecular complexity index is 1220. The Kier molecular flexibility index (Phi) is 3.14. The van der Waals surface area contributed by atoms with Crippen molar-refractivity contribution in [2.45, 2.75) is 0 Å². The van der Waals surface area contributed by atoms with E-state index in [1.165, 1.54) is 0 Å². The standard InChI is InChI=1S/C18H14N8/c1-25-15-5-4-12(7-13(15)8-21-25)16-10-20-11-17-23-18(24-26(16)17)22-14-3-2-6-19-9-14/h2-11H,1H3,(H,22,24). The number of benzene rings is 1. The van der Waals surface area contributed by atoms with E-state index in [0.29, 0.717) is 11.6 Å². The fraction of sp³-hybridized carbons (Fsp3) is 0.0556. The van der Waals surface area contributed by atoms with Crippen LogP contribution in [0.2, 0.25) is 0 Å². The molecule has 0 saturated carbocycles. The van der Waals surface area contributed by atoms with Crippen molar-refractivity contribution in [3.8, 4) is 11.3 Å². The van der Waals surface area contributed by atoms with Gasteiger partial charge in [0.1, 0.15) is 0 Å². The molecule has 5 rings (SSSR count). The lowest BCUT2D eigenvalue weighted by Crippen LogP contribution is -1.97. The van der Waals surface area contributed by atoms with E-state index in [4.69, 9.17) is 0 Å². The summed E-state index contributed by atoms with van der Waals surface area (Å²) in [6.45, 7) is 0. The Morgan fingerprint density at radius 1 is 1.00 bits per heavy atom. The first-order chi connectivity index (χ1) is 12.8. The van der Waals surface area contributed by atoms with E-state index >= 15 is 0 Å². The number of rotatable bonds is 3. The molecule has 0 amide bonds. The van der Waals surface area contributed by atoms with E-state index in [1.807, 2.05) is 42.2 Å². The number of hydrogen-bond donors (Lipinski definition) is 1. The Morgan fingerprint density at radius 3 is 2.85 bits per heavy atom. The first-order valence-electron chi connectivity index (χ1n) is 8.08. The zero-order valence-electron chi connectivity index (χ0n) is 13.9. The lowest BCUT2D eigenvalue weighted by atomic mass is 10.1. The molecule has 5 aromatic rings. The van der Waals surface area contributed by atoms with Crippen molar-refractivity contribution in [3.63, 3.8) is 0 Å². The van der Waals surface area contributed by atoms with E-state index in [-0.39, 0.29) is 0 Å². The van der Waals surface area contributed by atoms with Crippen LogP contribution < -0.4 is 5.32 Å². The predicted molar refractivity (Wildman–Crippen MR) is 98.0 cm³/mol. The maximum absolute atomic E-state index is 4.58. The van der Waals surface area contributed by atoms with Crippen molar-refractivity contribution in [2.75, 3.05) is 5.32 Å². The average molecular weight is 342 g/mol. The molecule has 8 heteroatoms.